The lowest BCUT2D eigenvalue weighted by Gasteiger charge is -2.24. The van der Waals surface area contributed by atoms with Crippen molar-refractivity contribution in [3.63, 3.8) is 0 Å². The predicted octanol–water partition coefficient (Wildman–Crippen LogP) is 4.14. The Morgan fingerprint density at radius 2 is 1.14 bits per heavy atom. The third-order valence-electron chi connectivity index (χ3n) is 4.68. The Balaban J connectivity index is 1.99. The fourth-order valence-electron chi connectivity index (χ4n) is 3.37. The molecule has 2 aliphatic rings. The molecule has 2 aromatic carbocycles. The molecule has 7 heteroatoms. The lowest BCUT2D eigenvalue weighted by Crippen LogP contribution is -2.28. The van der Waals surface area contributed by atoms with Crippen LogP contribution in [0.15, 0.2) is 63.7 Å². The number of hydrogen-bond donors (Lipinski definition) is 0. The van der Waals surface area contributed by atoms with Gasteiger partial charge in [-0.3, -0.25) is 19.2 Å². The van der Waals surface area contributed by atoms with E-state index in [1.807, 2.05) is 0 Å². The number of rotatable bonds is 2. The summed E-state index contributed by atoms with van der Waals surface area (Å²) in [6.45, 7) is 0. The molecule has 5 nitrogen and oxygen atoms in total. The Bertz CT molecular complexity index is 1190. The van der Waals surface area contributed by atoms with E-state index in [0.29, 0.717) is 0 Å². The van der Waals surface area contributed by atoms with Crippen LogP contribution >= 0.6 is 23.2 Å². The van der Waals surface area contributed by atoms with Gasteiger partial charge >= 0.3 is 0 Å². The number of halogens is 2. The van der Waals surface area contributed by atoms with E-state index >= 15 is 0 Å². The van der Waals surface area contributed by atoms with Gasteiger partial charge in [0.25, 0.3) is 0 Å². The molecule has 28 heavy (non-hydrogen) atoms. The molecule has 0 fully saturated rings. The molecule has 0 N–H and O–H groups in total. The lowest BCUT2D eigenvalue weighted by atomic mass is 9.79. The summed E-state index contributed by atoms with van der Waals surface area (Å²) in [5, 5.41) is -0.907. The monoisotopic (exact) mass is 412 g/mol. The number of carbonyl (C=O) groups excluding carboxylic acids is 4. The third kappa shape index (κ3) is 2.40. The molecule has 0 aromatic heterocycles. The van der Waals surface area contributed by atoms with Crippen LogP contribution in [0.3, 0.4) is 0 Å². The van der Waals surface area contributed by atoms with Gasteiger partial charge in [0.15, 0.2) is 11.6 Å². The zero-order valence-electron chi connectivity index (χ0n) is 14.3. The molecule has 0 bridgehead atoms. The Morgan fingerprint density at radius 3 is 1.75 bits per heavy atom. The van der Waals surface area contributed by atoms with Gasteiger partial charge in [0, 0.05) is 16.7 Å². The molecular formula is C21H10Cl2O5. The first-order valence-electron chi connectivity index (χ1n) is 8.13. The summed E-state index contributed by atoms with van der Waals surface area (Å²) in [4.78, 5) is 51.7. The van der Waals surface area contributed by atoms with Crippen LogP contribution in [-0.2, 0) is 0 Å². The number of benzene rings is 2. The fraction of sp³-hybridized carbons (Fsp3) is 0.0476. The van der Waals surface area contributed by atoms with Crippen molar-refractivity contribution in [2.24, 2.45) is 0 Å². The van der Waals surface area contributed by atoms with Crippen LogP contribution < -0.4 is 4.74 Å². The highest BCUT2D eigenvalue weighted by Crippen LogP contribution is 2.41. The number of hydrogen-bond acceptors (Lipinski definition) is 5. The summed E-state index contributed by atoms with van der Waals surface area (Å²) in [5.74, 6) is -2.46. The number of carbonyl (C=O) groups is 4. The first-order valence-corrected chi connectivity index (χ1v) is 8.88. The van der Waals surface area contributed by atoms with Crippen molar-refractivity contribution in [3.05, 3.63) is 85.9 Å². The average Bonchev–Trinajstić information content (AvgIpc) is 2.72. The van der Waals surface area contributed by atoms with Crippen LogP contribution in [0.1, 0.15) is 41.4 Å². The number of fused-ring (bicyclic) bond motifs is 2. The van der Waals surface area contributed by atoms with Gasteiger partial charge in [0.05, 0.1) is 23.8 Å². The minimum Gasteiger partial charge on any atom is -0.496 e. The lowest BCUT2D eigenvalue weighted by molar-refractivity contribution is 0.0957. The highest BCUT2D eigenvalue weighted by molar-refractivity contribution is 6.55. The molecule has 0 spiro atoms. The fourth-order valence-corrected chi connectivity index (χ4v) is 3.94. The summed E-state index contributed by atoms with van der Waals surface area (Å²) in [7, 11) is 1.35. The van der Waals surface area contributed by atoms with E-state index in [-0.39, 0.29) is 39.1 Å². The maximum absolute atomic E-state index is 13.2. The molecule has 2 aromatic rings. The SMILES string of the molecule is COc1cccc2c1C(=O)C(C1=C(Cl)C(=O)c3ccccc3C1=O)=C(Cl)C2=O. The molecule has 0 amide bonds. The highest BCUT2D eigenvalue weighted by atomic mass is 35.5. The zero-order valence-corrected chi connectivity index (χ0v) is 15.9. The quantitative estimate of drug-likeness (QED) is 0.740. The smallest absolute Gasteiger partial charge is 0.206 e. The molecule has 0 saturated heterocycles. The summed E-state index contributed by atoms with van der Waals surface area (Å²) in [5.41, 5.74) is -0.498. The van der Waals surface area contributed by atoms with E-state index in [1.54, 1.807) is 18.2 Å². The molecular weight excluding hydrogens is 403 g/mol. The number of Topliss-reactive ketones (excluding diaryl/α,β-unsaturated/α-hetero) is 4. The number of ketones is 4. The minimum absolute atomic E-state index is 0.0227. The second-order valence-corrected chi connectivity index (χ2v) is 6.88. The summed E-state index contributed by atoms with van der Waals surface area (Å²) in [6, 6.07) is 10.6. The molecule has 0 atom stereocenters. The van der Waals surface area contributed by atoms with Gasteiger partial charge in [-0.05, 0) is 12.1 Å². The zero-order chi connectivity index (χ0) is 20.2. The van der Waals surface area contributed by atoms with Crippen molar-refractivity contribution >= 4 is 46.3 Å². The maximum atomic E-state index is 13.2. The van der Waals surface area contributed by atoms with E-state index in [0.717, 1.165) is 0 Å². The van der Waals surface area contributed by atoms with Crippen LogP contribution in [0.25, 0.3) is 0 Å². The van der Waals surface area contributed by atoms with E-state index in [4.69, 9.17) is 27.9 Å². The largest absolute Gasteiger partial charge is 0.496 e. The molecule has 0 saturated carbocycles. The first kappa shape index (κ1) is 18.3. The van der Waals surface area contributed by atoms with Gasteiger partial charge in [-0.25, -0.2) is 0 Å². The maximum Gasteiger partial charge on any atom is 0.206 e. The Hall–Kier alpha value is -3.02. The van der Waals surface area contributed by atoms with E-state index in [9.17, 15) is 19.2 Å². The van der Waals surface area contributed by atoms with Gasteiger partial charge < -0.3 is 4.74 Å². The molecule has 2 aliphatic carbocycles. The minimum atomic E-state index is -0.703. The van der Waals surface area contributed by atoms with Gasteiger partial charge in [-0.2, -0.15) is 0 Å². The molecule has 0 radical (unpaired) electrons. The standard InChI is InChI=1S/C21H10Cl2O5/c1-28-12-8-4-7-11-13(12)21(27)15(17(23)20(11)26)14-16(22)19(25)10-6-3-2-5-9(10)18(14)24/h2-8H,1H3. The van der Waals surface area contributed by atoms with Crippen LogP contribution in [0.4, 0.5) is 0 Å². The molecule has 4 rings (SSSR count). The van der Waals surface area contributed by atoms with Gasteiger partial charge in [0.1, 0.15) is 15.8 Å². The Kier molecular flexibility index (Phi) is 4.29. The van der Waals surface area contributed by atoms with Gasteiger partial charge in [0.2, 0.25) is 11.6 Å². The van der Waals surface area contributed by atoms with Crippen molar-refractivity contribution in [1.82, 2.24) is 0 Å². The van der Waals surface area contributed by atoms with Gasteiger partial charge in [-0.1, -0.05) is 53.5 Å². The van der Waals surface area contributed by atoms with E-state index < -0.39 is 33.2 Å². The first-order chi connectivity index (χ1) is 13.4. The van der Waals surface area contributed by atoms with Crippen LogP contribution in [0, 0.1) is 0 Å². The average molecular weight is 413 g/mol. The van der Waals surface area contributed by atoms with Crippen molar-refractivity contribution in [1.29, 1.82) is 0 Å². The normalized spacial score (nSPS) is 16.4. The summed E-state index contributed by atoms with van der Waals surface area (Å²) >= 11 is 12.4. The van der Waals surface area contributed by atoms with Crippen molar-refractivity contribution in [3.8, 4) is 5.75 Å². The van der Waals surface area contributed by atoms with Crippen LogP contribution in [0.5, 0.6) is 5.75 Å². The van der Waals surface area contributed by atoms with Gasteiger partial charge in [-0.15, -0.1) is 0 Å². The topological polar surface area (TPSA) is 77.5 Å². The number of methoxy groups -OCH3 is 1. The third-order valence-corrected chi connectivity index (χ3v) is 5.40. The highest BCUT2D eigenvalue weighted by Gasteiger charge is 2.41. The Morgan fingerprint density at radius 1 is 0.643 bits per heavy atom. The number of allylic oxidation sites excluding steroid dienone is 4. The van der Waals surface area contributed by atoms with Crippen molar-refractivity contribution < 1.29 is 23.9 Å². The van der Waals surface area contributed by atoms with Crippen molar-refractivity contribution in [2.45, 2.75) is 0 Å². The summed E-state index contributed by atoms with van der Waals surface area (Å²) < 4.78 is 5.19. The summed E-state index contributed by atoms with van der Waals surface area (Å²) in [6.07, 6.45) is 0. The van der Waals surface area contributed by atoms with E-state index in [2.05, 4.69) is 0 Å². The van der Waals surface area contributed by atoms with Crippen LogP contribution in [-0.4, -0.2) is 30.2 Å². The molecule has 0 heterocycles. The number of ether oxygens (including phenoxy) is 1. The van der Waals surface area contributed by atoms with Crippen molar-refractivity contribution in [2.75, 3.05) is 7.11 Å². The predicted molar refractivity (Wildman–Crippen MR) is 103 cm³/mol. The molecule has 0 aliphatic heterocycles. The molecule has 138 valence electrons. The molecule has 0 unspecified atom stereocenters. The Labute approximate surface area is 169 Å². The second-order valence-electron chi connectivity index (χ2n) is 6.12. The van der Waals surface area contributed by atoms with E-state index in [1.165, 1.54) is 31.4 Å². The van der Waals surface area contributed by atoms with Crippen LogP contribution in [0.2, 0.25) is 0 Å². The second kappa shape index (κ2) is 6.55.